The molecule has 0 aliphatic heterocycles. The molecule has 0 aliphatic rings. The van der Waals surface area contributed by atoms with Crippen LogP contribution in [0.3, 0.4) is 0 Å². The first kappa shape index (κ1) is 19.2. The summed E-state index contributed by atoms with van der Waals surface area (Å²) in [5, 5.41) is 6.93. The Labute approximate surface area is 162 Å². The first-order chi connectivity index (χ1) is 13.2. The van der Waals surface area contributed by atoms with Gasteiger partial charge in [-0.3, -0.25) is 5.43 Å². The van der Waals surface area contributed by atoms with Crippen molar-refractivity contribution in [2.45, 2.75) is 33.0 Å². The molecule has 6 heteroatoms. The number of anilines is 1. The van der Waals surface area contributed by atoms with E-state index in [1.54, 1.807) is 12.3 Å². The van der Waals surface area contributed by atoms with E-state index in [1.165, 1.54) is 23.5 Å². The molecule has 140 valence electrons. The minimum atomic E-state index is -0.282. The molecule has 1 heterocycles. The summed E-state index contributed by atoms with van der Waals surface area (Å²) in [6.07, 6.45) is 2.70. The quantitative estimate of drug-likeness (QED) is 0.400. The summed E-state index contributed by atoms with van der Waals surface area (Å²) in [5.41, 5.74) is 6.49. The highest BCUT2D eigenvalue weighted by Gasteiger charge is 2.06. The van der Waals surface area contributed by atoms with E-state index in [0.29, 0.717) is 11.7 Å². The van der Waals surface area contributed by atoms with Gasteiger partial charge in [-0.2, -0.15) is 5.10 Å². The normalized spacial score (nSPS) is 12.4. The first-order valence-corrected chi connectivity index (χ1v) is 9.73. The zero-order valence-electron chi connectivity index (χ0n) is 15.4. The van der Waals surface area contributed by atoms with E-state index in [0.717, 1.165) is 28.8 Å². The van der Waals surface area contributed by atoms with Crippen molar-refractivity contribution < 1.29 is 9.13 Å². The lowest BCUT2D eigenvalue weighted by molar-refractivity contribution is 0.0506. The van der Waals surface area contributed by atoms with Crippen LogP contribution in [0.15, 0.2) is 59.0 Å². The van der Waals surface area contributed by atoms with Gasteiger partial charge < -0.3 is 4.74 Å². The van der Waals surface area contributed by atoms with Crippen LogP contribution < -0.4 is 5.43 Å². The molecule has 0 saturated heterocycles. The SMILES string of the molecule is CCC(C)OCc1cc(F)ccc1C=NNc1nc(-c2ccccc2)cs1. The summed E-state index contributed by atoms with van der Waals surface area (Å²) in [4.78, 5) is 4.53. The number of aromatic nitrogens is 1. The maximum absolute atomic E-state index is 13.6. The minimum Gasteiger partial charge on any atom is -0.374 e. The number of rotatable bonds is 8. The molecule has 0 fully saturated rings. The van der Waals surface area contributed by atoms with Crippen molar-refractivity contribution >= 4 is 22.7 Å². The Balaban J connectivity index is 1.67. The summed E-state index contributed by atoms with van der Waals surface area (Å²) >= 11 is 1.48. The van der Waals surface area contributed by atoms with Gasteiger partial charge >= 0.3 is 0 Å². The summed E-state index contributed by atoms with van der Waals surface area (Å²) < 4.78 is 19.3. The highest BCUT2D eigenvalue weighted by Crippen LogP contribution is 2.24. The van der Waals surface area contributed by atoms with Crippen molar-refractivity contribution in [3.8, 4) is 11.3 Å². The Bertz CT molecular complexity index is 895. The third-order valence-electron chi connectivity index (χ3n) is 4.14. The Morgan fingerprint density at radius 3 is 2.85 bits per heavy atom. The lowest BCUT2D eigenvalue weighted by Crippen LogP contribution is -2.08. The van der Waals surface area contributed by atoms with E-state index in [-0.39, 0.29) is 11.9 Å². The Hall–Kier alpha value is -2.57. The van der Waals surface area contributed by atoms with Crippen molar-refractivity contribution in [3.63, 3.8) is 0 Å². The maximum atomic E-state index is 13.6. The van der Waals surface area contributed by atoms with Gasteiger partial charge in [0, 0.05) is 16.5 Å². The van der Waals surface area contributed by atoms with Crippen molar-refractivity contribution in [2.75, 3.05) is 5.43 Å². The second kappa shape index (κ2) is 9.39. The molecule has 0 amide bonds. The third-order valence-corrected chi connectivity index (χ3v) is 4.89. The van der Waals surface area contributed by atoms with Gasteiger partial charge in [0.05, 0.1) is 24.6 Å². The van der Waals surface area contributed by atoms with Crippen LogP contribution in [-0.4, -0.2) is 17.3 Å². The molecule has 1 N–H and O–H groups in total. The number of benzene rings is 2. The number of hydrazone groups is 1. The molecule has 2 aromatic carbocycles. The molecule has 1 aromatic heterocycles. The van der Waals surface area contributed by atoms with Gasteiger partial charge in [0.15, 0.2) is 0 Å². The van der Waals surface area contributed by atoms with Crippen LogP contribution in [0.5, 0.6) is 0 Å². The van der Waals surface area contributed by atoms with Gasteiger partial charge in [0.25, 0.3) is 0 Å². The second-order valence-corrected chi connectivity index (χ2v) is 7.01. The number of thiazole rings is 1. The van der Waals surface area contributed by atoms with E-state index in [1.807, 2.05) is 42.6 Å². The minimum absolute atomic E-state index is 0.128. The Morgan fingerprint density at radius 1 is 1.26 bits per heavy atom. The third kappa shape index (κ3) is 5.45. The molecular formula is C21H22FN3OS. The predicted molar refractivity (Wildman–Crippen MR) is 110 cm³/mol. The van der Waals surface area contributed by atoms with Crippen molar-refractivity contribution in [2.24, 2.45) is 5.10 Å². The largest absolute Gasteiger partial charge is 0.374 e. The van der Waals surface area contributed by atoms with Crippen LogP contribution in [0.1, 0.15) is 31.4 Å². The molecular weight excluding hydrogens is 361 g/mol. The fraction of sp³-hybridized carbons (Fsp3) is 0.238. The van der Waals surface area contributed by atoms with Crippen molar-refractivity contribution in [1.29, 1.82) is 0 Å². The van der Waals surface area contributed by atoms with Gasteiger partial charge in [0.2, 0.25) is 5.13 Å². The predicted octanol–water partition coefficient (Wildman–Crippen LogP) is 5.71. The molecule has 4 nitrogen and oxygen atoms in total. The number of nitrogens with zero attached hydrogens (tertiary/aromatic N) is 2. The molecule has 27 heavy (non-hydrogen) atoms. The fourth-order valence-corrected chi connectivity index (χ4v) is 3.07. The smallest absolute Gasteiger partial charge is 0.203 e. The van der Waals surface area contributed by atoms with Crippen LogP contribution >= 0.6 is 11.3 Å². The average Bonchev–Trinajstić information content (AvgIpc) is 3.17. The van der Waals surface area contributed by atoms with Gasteiger partial charge in [-0.05, 0) is 31.0 Å². The average molecular weight is 383 g/mol. The van der Waals surface area contributed by atoms with Crippen LogP contribution in [-0.2, 0) is 11.3 Å². The van der Waals surface area contributed by atoms with Gasteiger partial charge in [-0.25, -0.2) is 9.37 Å². The molecule has 0 bridgehead atoms. The van der Waals surface area contributed by atoms with Gasteiger partial charge in [0.1, 0.15) is 5.82 Å². The number of halogens is 1. The number of hydrogen-bond acceptors (Lipinski definition) is 5. The standard InChI is InChI=1S/C21H22FN3OS/c1-3-15(2)26-13-18-11-19(22)10-9-17(18)12-23-25-21-24-20(14-27-21)16-7-5-4-6-8-16/h4-12,14-15H,3,13H2,1-2H3,(H,24,25). The van der Waals surface area contributed by atoms with E-state index >= 15 is 0 Å². The summed E-state index contributed by atoms with van der Waals surface area (Å²) in [6.45, 7) is 4.41. The monoisotopic (exact) mass is 383 g/mol. The molecule has 1 unspecified atom stereocenters. The summed E-state index contributed by atoms with van der Waals surface area (Å²) in [7, 11) is 0. The van der Waals surface area contributed by atoms with Crippen molar-refractivity contribution in [3.05, 3.63) is 70.9 Å². The summed E-state index contributed by atoms with van der Waals surface area (Å²) in [5.74, 6) is -0.282. The molecule has 3 aromatic rings. The van der Waals surface area contributed by atoms with Crippen molar-refractivity contribution in [1.82, 2.24) is 4.98 Å². The molecule has 0 spiro atoms. The van der Waals surface area contributed by atoms with E-state index in [2.05, 4.69) is 22.4 Å². The number of nitrogens with one attached hydrogen (secondary N) is 1. The Kier molecular flexibility index (Phi) is 6.68. The van der Waals surface area contributed by atoms with Crippen LogP contribution in [0.2, 0.25) is 0 Å². The number of hydrogen-bond donors (Lipinski definition) is 1. The van der Waals surface area contributed by atoms with Gasteiger partial charge in [-0.15, -0.1) is 11.3 Å². The fourth-order valence-electron chi connectivity index (χ4n) is 2.40. The molecule has 3 rings (SSSR count). The first-order valence-electron chi connectivity index (χ1n) is 8.85. The van der Waals surface area contributed by atoms with E-state index in [4.69, 9.17) is 4.74 Å². The second-order valence-electron chi connectivity index (χ2n) is 6.15. The Morgan fingerprint density at radius 2 is 2.07 bits per heavy atom. The molecule has 0 saturated carbocycles. The molecule has 0 radical (unpaired) electrons. The zero-order chi connectivity index (χ0) is 19.1. The van der Waals surface area contributed by atoms with E-state index in [9.17, 15) is 4.39 Å². The maximum Gasteiger partial charge on any atom is 0.203 e. The highest BCUT2D eigenvalue weighted by molar-refractivity contribution is 7.14. The lowest BCUT2D eigenvalue weighted by Gasteiger charge is -2.12. The zero-order valence-corrected chi connectivity index (χ0v) is 16.2. The van der Waals surface area contributed by atoms with Gasteiger partial charge in [-0.1, -0.05) is 43.3 Å². The van der Waals surface area contributed by atoms with Crippen LogP contribution in [0.4, 0.5) is 9.52 Å². The molecule has 0 aliphatic carbocycles. The topological polar surface area (TPSA) is 46.5 Å². The van der Waals surface area contributed by atoms with E-state index < -0.39 is 0 Å². The number of ether oxygens (including phenoxy) is 1. The molecule has 1 atom stereocenters. The van der Waals surface area contributed by atoms with Crippen LogP contribution in [0.25, 0.3) is 11.3 Å². The van der Waals surface area contributed by atoms with Crippen LogP contribution in [0, 0.1) is 5.82 Å². The highest BCUT2D eigenvalue weighted by atomic mass is 32.1. The summed E-state index contributed by atoms with van der Waals surface area (Å²) in [6, 6.07) is 14.6. The lowest BCUT2D eigenvalue weighted by atomic mass is 10.1.